The largest absolute Gasteiger partial charge is 0.448 e. The molecule has 0 aromatic heterocycles. The Hall–Kier alpha value is -1.22. The van der Waals surface area contributed by atoms with E-state index in [0.29, 0.717) is 0 Å². The van der Waals surface area contributed by atoms with Crippen LogP contribution in [0.25, 0.3) is 0 Å². The number of amides is 1. The van der Waals surface area contributed by atoms with Crippen molar-refractivity contribution in [1.82, 2.24) is 4.90 Å². The van der Waals surface area contributed by atoms with Crippen LogP contribution in [-0.4, -0.2) is 82.3 Å². The Kier molecular flexibility index (Phi) is 3.77. The van der Waals surface area contributed by atoms with Crippen LogP contribution < -0.4 is 0 Å². The topological polar surface area (TPSA) is 117 Å². The minimum Gasteiger partial charge on any atom is -0.448 e. The van der Waals surface area contributed by atoms with Crippen molar-refractivity contribution in [3.05, 3.63) is 0 Å². The Bertz CT molecular complexity index is 387. The third kappa shape index (κ3) is 2.44. The summed E-state index contributed by atoms with van der Waals surface area (Å²) in [6.45, 7) is 1.32. The number of carbonyl (C=O) groups excluding carboxylic acids is 2. The van der Waals surface area contributed by atoms with Gasteiger partial charge in [-0.25, -0.2) is 0 Å². The van der Waals surface area contributed by atoms with Gasteiger partial charge in [-0.15, -0.1) is 0 Å². The fourth-order valence-corrected chi connectivity index (χ4v) is 2.26. The number of morpholine rings is 1. The van der Waals surface area contributed by atoms with Gasteiger partial charge in [-0.05, 0) is 6.92 Å². The zero-order valence-electron chi connectivity index (χ0n) is 10.6. The molecule has 0 aliphatic carbocycles. The van der Waals surface area contributed by atoms with Crippen LogP contribution in [0, 0.1) is 0 Å². The van der Waals surface area contributed by atoms with Crippen LogP contribution in [-0.2, 0) is 19.1 Å². The second-order valence-electron chi connectivity index (χ2n) is 4.88. The summed E-state index contributed by atoms with van der Waals surface area (Å²) in [5.41, 5.74) is 0. The molecule has 2 heterocycles. The Balaban J connectivity index is 2.20. The number of cyclic esters (lactones) is 1. The molecule has 0 bridgehead atoms. The highest BCUT2D eigenvalue weighted by Crippen LogP contribution is 2.26. The van der Waals surface area contributed by atoms with E-state index in [9.17, 15) is 24.9 Å². The van der Waals surface area contributed by atoms with Gasteiger partial charge in [0, 0.05) is 7.05 Å². The molecule has 0 aromatic rings. The van der Waals surface area contributed by atoms with Crippen LogP contribution in [0.15, 0.2) is 0 Å². The molecule has 0 radical (unpaired) electrons. The lowest BCUT2D eigenvalue weighted by Gasteiger charge is -2.43. The van der Waals surface area contributed by atoms with E-state index in [1.165, 1.54) is 14.0 Å². The fraction of sp³-hybridized carbons (Fsp3) is 0.818. The van der Waals surface area contributed by atoms with Crippen LogP contribution in [0.2, 0.25) is 0 Å². The first kappa shape index (κ1) is 14.2. The van der Waals surface area contributed by atoms with E-state index in [-0.39, 0.29) is 6.54 Å². The zero-order valence-corrected chi connectivity index (χ0v) is 10.6. The second kappa shape index (κ2) is 5.04. The van der Waals surface area contributed by atoms with E-state index in [0.717, 1.165) is 4.90 Å². The van der Waals surface area contributed by atoms with Crippen molar-refractivity contribution in [1.29, 1.82) is 0 Å². The lowest BCUT2D eigenvalue weighted by atomic mass is 9.92. The van der Waals surface area contributed by atoms with Gasteiger partial charge in [-0.1, -0.05) is 0 Å². The highest BCUT2D eigenvalue weighted by molar-refractivity contribution is 5.90. The van der Waals surface area contributed by atoms with Gasteiger partial charge in [0.2, 0.25) is 6.10 Å². The molecule has 2 aliphatic heterocycles. The molecule has 2 rings (SSSR count). The number of aliphatic hydroxyl groups excluding tert-OH is 3. The first-order chi connectivity index (χ1) is 8.82. The third-order valence-electron chi connectivity index (χ3n) is 3.43. The predicted molar refractivity (Wildman–Crippen MR) is 59.9 cm³/mol. The van der Waals surface area contributed by atoms with Gasteiger partial charge < -0.3 is 29.7 Å². The van der Waals surface area contributed by atoms with Crippen molar-refractivity contribution in [2.75, 3.05) is 13.6 Å². The number of rotatable bonds is 1. The van der Waals surface area contributed by atoms with E-state index < -0.39 is 48.5 Å². The maximum Gasteiger partial charge on any atom is 0.326 e. The van der Waals surface area contributed by atoms with Crippen molar-refractivity contribution in [3.63, 3.8) is 0 Å². The number of aliphatic hydroxyl groups is 3. The van der Waals surface area contributed by atoms with Crippen LogP contribution in [0.1, 0.15) is 6.92 Å². The van der Waals surface area contributed by atoms with Crippen LogP contribution in [0.3, 0.4) is 0 Å². The Morgan fingerprint density at radius 2 is 1.79 bits per heavy atom. The Morgan fingerprint density at radius 1 is 1.16 bits per heavy atom. The summed E-state index contributed by atoms with van der Waals surface area (Å²) < 4.78 is 10.2. The molecule has 2 saturated heterocycles. The molecule has 19 heavy (non-hydrogen) atoms. The molecular weight excluding hydrogens is 258 g/mol. The summed E-state index contributed by atoms with van der Waals surface area (Å²) in [6, 6.07) is 0. The molecule has 0 spiro atoms. The van der Waals surface area contributed by atoms with E-state index in [4.69, 9.17) is 9.47 Å². The van der Waals surface area contributed by atoms with Gasteiger partial charge in [0.1, 0.15) is 31.0 Å². The van der Waals surface area contributed by atoms with Crippen LogP contribution >= 0.6 is 0 Å². The number of likely N-dealkylation sites (N-methyl/N-ethyl adjacent to an activating group) is 1. The van der Waals surface area contributed by atoms with Crippen LogP contribution in [0.4, 0.5) is 0 Å². The molecule has 6 atom stereocenters. The smallest absolute Gasteiger partial charge is 0.326 e. The predicted octanol–water partition coefficient (Wildman–Crippen LogP) is -2.76. The van der Waals surface area contributed by atoms with Gasteiger partial charge in [-0.2, -0.15) is 0 Å². The lowest BCUT2D eigenvalue weighted by molar-refractivity contribution is -0.245. The molecular formula is C11H17NO7. The summed E-state index contributed by atoms with van der Waals surface area (Å²) in [4.78, 5) is 24.4. The minimum absolute atomic E-state index is 0.168. The molecule has 8 nitrogen and oxygen atoms in total. The van der Waals surface area contributed by atoms with Crippen LogP contribution in [0.5, 0.6) is 0 Å². The number of esters is 1. The second-order valence-corrected chi connectivity index (χ2v) is 4.88. The molecule has 8 heteroatoms. The SMILES string of the molecule is C[C@@H]1OC(C2OC(=O)CN(C)C2=O)[C@H](O)[C@H](O)[C@H]1O. The number of nitrogens with zero attached hydrogens (tertiary/aromatic N) is 1. The van der Waals surface area contributed by atoms with E-state index in [1.807, 2.05) is 0 Å². The normalized spacial score (nSPS) is 44.2. The van der Waals surface area contributed by atoms with Gasteiger partial charge >= 0.3 is 5.97 Å². The van der Waals surface area contributed by atoms with E-state index in [1.54, 1.807) is 0 Å². The van der Waals surface area contributed by atoms with Gasteiger partial charge in [-0.3, -0.25) is 9.59 Å². The quantitative estimate of drug-likeness (QED) is 0.444. The Labute approximate surface area is 109 Å². The van der Waals surface area contributed by atoms with Crippen molar-refractivity contribution in [2.24, 2.45) is 0 Å². The van der Waals surface area contributed by atoms with Crippen molar-refractivity contribution in [3.8, 4) is 0 Å². The van der Waals surface area contributed by atoms with E-state index in [2.05, 4.69) is 0 Å². The summed E-state index contributed by atoms with van der Waals surface area (Å²) in [6.07, 6.45) is -7.55. The maximum absolute atomic E-state index is 11.9. The van der Waals surface area contributed by atoms with E-state index >= 15 is 0 Å². The number of carbonyl (C=O) groups is 2. The molecule has 3 N–H and O–H groups in total. The van der Waals surface area contributed by atoms with Gasteiger partial charge in [0.05, 0.1) is 6.10 Å². The summed E-state index contributed by atoms with van der Waals surface area (Å²) in [5.74, 6) is -1.13. The van der Waals surface area contributed by atoms with Crippen molar-refractivity contribution < 1.29 is 34.4 Å². The number of hydrogen-bond donors (Lipinski definition) is 3. The zero-order chi connectivity index (χ0) is 14.3. The number of ether oxygens (including phenoxy) is 2. The summed E-state index contributed by atoms with van der Waals surface area (Å²) in [5, 5.41) is 29.1. The highest BCUT2D eigenvalue weighted by Gasteiger charge is 2.50. The molecule has 2 aliphatic rings. The molecule has 0 saturated carbocycles. The minimum atomic E-state index is -1.51. The molecule has 0 aromatic carbocycles. The average molecular weight is 275 g/mol. The van der Waals surface area contributed by atoms with Gasteiger partial charge in [0.15, 0.2) is 0 Å². The fourth-order valence-electron chi connectivity index (χ4n) is 2.26. The molecule has 108 valence electrons. The first-order valence-electron chi connectivity index (χ1n) is 5.97. The number of hydrogen-bond acceptors (Lipinski definition) is 7. The summed E-state index contributed by atoms with van der Waals surface area (Å²) >= 11 is 0. The molecule has 1 amide bonds. The highest BCUT2D eigenvalue weighted by atomic mass is 16.6. The standard InChI is InChI=1S/C11H17NO7/c1-4-6(14)7(15)8(16)9(18-4)10-11(17)12(2)3-5(13)19-10/h4,6-10,14-16H,3H2,1-2H3/t4-,6-,7+,8+,9?,10?/m0/s1. The third-order valence-corrected chi connectivity index (χ3v) is 3.43. The van der Waals surface area contributed by atoms with Gasteiger partial charge in [0.25, 0.3) is 5.91 Å². The first-order valence-corrected chi connectivity index (χ1v) is 5.97. The maximum atomic E-state index is 11.9. The molecule has 2 fully saturated rings. The van der Waals surface area contributed by atoms with Crippen molar-refractivity contribution in [2.45, 2.75) is 43.5 Å². The summed E-state index contributed by atoms with van der Waals surface area (Å²) in [7, 11) is 1.43. The lowest BCUT2D eigenvalue weighted by Crippen LogP contribution is -2.64. The van der Waals surface area contributed by atoms with Crippen molar-refractivity contribution >= 4 is 11.9 Å². The molecule has 2 unspecified atom stereocenters. The monoisotopic (exact) mass is 275 g/mol. The average Bonchev–Trinajstić information content (AvgIpc) is 2.36. The Morgan fingerprint density at radius 3 is 2.42 bits per heavy atom.